The Balaban J connectivity index is 1.95. The number of halogens is 3. The van der Waals surface area contributed by atoms with Gasteiger partial charge in [0.15, 0.2) is 0 Å². The van der Waals surface area contributed by atoms with E-state index >= 15 is 0 Å². The van der Waals surface area contributed by atoms with Crippen molar-refractivity contribution in [3.63, 3.8) is 0 Å². The molecule has 1 aromatic carbocycles. The molecule has 1 N–H and O–H groups in total. The molecule has 2 rings (SSSR count). The van der Waals surface area contributed by atoms with Gasteiger partial charge in [0, 0.05) is 19.9 Å². The van der Waals surface area contributed by atoms with Crippen LogP contribution >= 0.6 is 0 Å². The van der Waals surface area contributed by atoms with Gasteiger partial charge in [-0.25, -0.2) is 0 Å². The van der Waals surface area contributed by atoms with Crippen LogP contribution in [0.5, 0.6) is 0 Å². The van der Waals surface area contributed by atoms with E-state index in [0.717, 1.165) is 17.8 Å². The average Bonchev–Trinajstić information content (AvgIpc) is 2.90. The van der Waals surface area contributed by atoms with E-state index in [1.54, 1.807) is 30.3 Å². The summed E-state index contributed by atoms with van der Waals surface area (Å²) in [5, 5.41) is 7.16. The molecule has 0 spiro atoms. The summed E-state index contributed by atoms with van der Waals surface area (Å²) in [5.74, 6) is 0. The number of alkyl halides is 3. The number of rotatable bonds is 6. The van der Waals surface area contributed by atoms with Crippen molar-refractivity contribution in [2.75, 3.05) is 19.0 Å². The number of nitrogens with one attached hydrogen (secondary N) is 1. The number of ether oxygens (including phenoxy) is 1. The summed E-state index contributed by atoms with van der Waals surface area (Å²) in [4.78, 5) is 0. The van der Waals surface area contributed by atoms with Crippen LogP contribution in [0.15, 0.2) is 36.7 Å². The van der Waals surface area contributed by atoms with E-state index in [9.17, 15) is 13.2 Å². The molecular weight excluding hydrogens is 283 g/mol. The third kappa shape index (κ3) is 4.49. The molecule has 0 aliphatic heterocycles. The Morgan fingerprint density at radius 2 is 2.14 bits per heavy atom. The van der Waals surface area contributed by atoms with Gasteiger partial charge in [-0.1, -0.05) is 12.1 Å². The number of anilines is 1. The first kappa shape index (κ1) is 15.4. The molecule has 0 fully saturated rings. The number of hydrogen-bond donors (Lipinski definition) is 1. The van der Waals surface area contributed by atoms with Crippen LogP contribution < -0.4 is 5.32 Å². The fraction of sp³-hybridized carbons (Fsp3) is 0.357. The molecule has 1 aromatic heterocycles. The molecule has 0 aliphatic carbocycles. The van der Waals surface area contributed by atoms with Gasteiger partial charge in [0.05, 0.1) is 30.6 Å². The standard InChI is InChI=1S/C14H16F3N3O/c1-21-6-5-20-10-13(9-19-20)18-8-11-3-2-4-12(7-11)14(15,16)17/h2-4,7,9-10,18H,5-6,8H2,1H3. The monoisotopic (exact) mass is 299 g/mol. The Morgan fingerprint density at radius 1 is 1.33 bits per heavy atom. The lowest BCUT2D eigenvalue weighted by Crippen LogP contribution is -2.07. The third-order valence-electron chi connectivity index (χ3n) is 2.91. The zero-order valence-corrected chi connectivity index (χ0v) is 11.5. The zero-order chi connectivity index (χ0) is 15.3. The van der Waals surface area contributed by atoms with Crippen molar-refractivity contribution < 1.29 is 17.9 Å². The van der Waals surface area contributed by atoms with Crippen molar-refractivity contribution in [1.29, 1.82) is 0 Å². The molecular formula is C14H16F3N3O. The van der Waals surface area contributed by atoms with Crippen LogP contribution in [-0.2, 0) is 24.0 Å². The van der Waals surface area contributed by atoms with Gasteiger partial charge >= 0.3 is 6.18 Å². The molecule has 21 heavy (non-hydrogen) atoms. The number of methoxy groups -OCH3 is 1. The van der Waals surface area contributed by atoms with Gasteiger partial charge in [-0.3, -0.25) is 4.68 Å². The first-order chi connectivity index (χ1) is 9.99. The van der Waals surface area contributed by atoms with E-state index < -0.39 is 11.7 Å². The van der Waals surface area contributed by atoms with Crippen molar-refractivity contribution >= 4 is 5.69 Å². The summed E-state index contributed by atoms with van der Waals surface area (Å²) in [7, 11) is 1.61. The minimum Gasteiger partial charge on any atom is -0.383 e. The van der Waals surface area contributed by atoms with Crippen molar-refractivity contribution in [2.45, 2.75) is 19.3 Å². The van der Waals surface area contributed by atoms with Crippen LogP contribution in [0, 0.1) is 0 Å². The quantitative estimate of drug-likeness (QED) is 0.890. The van der Waals surface area contributed by atoms with Crippen LogP contribution in [0.25, 0.3) is 0 Å². The van der Waals surface area contributed by atoms with E-state index in [0.29, 0.717) is 25.3 Å². The molecule has 7 heteroatoms. The molecule has 114 valence electrons. The molecule has 0 saturated heterocycles. The maximum Gasteiger partial charge on any atom is 0.416 e. The zero-order valence-electron chi connectivity index (χ0n) is 11.5. The number of benzene rings is 1. The molecule has 0 amide bonds. The van der Waals surface area contributed by atoms with Gasteiger partial charge in [0.25, 0.3) is 0 Å². The Labute approximate surface area is 120 Å². The van der Waals surface area contributed by atoms with E-state index in [4.69, 9.17) is 4.74 Å². The minimum absolute atomic E-state index is 0.305. The van der Waals surface area contributed by atoms with Crippen molar-refractivity contribution in [2.24, 2.45) is 0 Å². The molecule has 4 nitrogen and oxygen atoms in total. The van der Waals surface area contributed by atoms with E-state index in [1.165, 1.54) is 6.07 Å². The molecule has 0 bridgehead atoms. The van der Waals surface area contributed by atoms with Crippen molar-refractivity contribution in [1.82, 2.24) is 9.78 Å². The predicted octanol–water partition coefficient (Wildman–Crippen LogP) is 3.16. The second kappa shape index (κ2) is 6.62. The van der Waals surface area contributed by atoms with Crippen molar-refractivity contribution in [3.05, 3.63) is 47.8 Å². The number of aromatic nitrogens is 2. The summed E-state index contributed by atoms with van der Waals surface area (Å²) >= 11 is 0. The summed E-state index contributed by atoms with van der Waals surface area (Å²) in [6.45, 7) is 1.48. The van der Waals surface area contributed by atoms with E-state index in [2.05, 4.69) is 10.4 Å². The molecule has 1 heterocycles. The van der Waals surface area contributed by atoms with E-state index in [-0.39, 0.29) is 0 Å². The Kier molecular flexibility index (Phi) is 4.85. The highest BCUT2D eigenvalue weighted by molar-refractivity contribution is 5.39. The van der Waals surface area contributed by atoms with Crippen LogP contribution in [-0.4, -0.2) is 23.5 Å². The van der Waals surface area contributed by atoms with Gasteiger partial charge in [-0.05, 0) is 17.7 Å². The topological polar surface area (TPSA) is 39.1 Å². The molecule has 2 aromatic rings. The highest BCUT2D eigenvalue weighted by Crippen LogP contribution is 2.29. The first-order valence-corrected chi connectivity index (χ1v) is 6.40. The van der Waals surface area contributed by atoms with Crippen LogP contribution in [0.3, 0.4) is 0 Å². The fourth-order valence-electron chi connectivity index (χ4n) is 1.82. The number of hydrogen-bond acceptors (Lipinski definition) is 3. The number of nitrogens with zero attached hydrogens (tertiary/aromatic N) is 2. The van der Waals surface area contributed by atoms with Crippen LogP contribution in [0.1, 0.15) is 11.1 Å². The maximum atomic E-state index is 12.6. The Bertz CT molecular complexity index is 581. The SMILES string of the molecule is COCCn1cc(NCc2cccc(C(F)(F)F)c2)cn1. The van der Waals surface area contributed by atoms with Gasteiger partial charge < -0.3 is 10.1 Å². The first-order valence-electron chi connectivity index (χ1n) is 6.40. The lowest BCUT2D eigenvalue weighted by molar-refractivity contribution is -0.137. The summed E-state index contributed by atoms with van der Waals surface area (Å²) in [6, 6.07) is 5.26. The smallest absolute Gasteiger partial charge is 0.383 e. The molecule has 0 radical (unpaired) electrons. The largest absolute Gasteiger partial charge is 0.416 e. The molecule has 0 aliphatic rings. The van der Waals surface area contributed by atoms with Gasteiger partial charge in [0.1, 0.15) is 0 Å². The van der Waals surface area contributed by atoms with Crippen LogP contribution in [0.4, 0.5) is 18.9 Å². The molecule has 0 unspecified atom stereocenters. The highest BCUT2D eigenvalue weighted by Gasteiger charge is 2.30. The predicted molar refractivity (Wildman–Crippen MR) is 72.9 cm³/mol. The van der Waals surface area contributed by atoms with E-state index in [1.807, 2.05) is 0 Å². The van der Waals surface area contributed by atoms with Gasteiger partial charge in [-0.15, -0.1) is 0 Å². The minimum atomic E-state index is -4.32. The Hall–Kier alpha value is -2.02. The van der Waals surface area contributed by atoms with Crippen molar-refractivity contribution in [3.8, 4) is 0 Å². The van der Waals surface area contributed by atoms with Gasteiger partial charge in [-0.2, -0.15) is 18.3 Å². The Morgan fingerprint density at radius 3 is 2.86 bits per heavy atom. The second-order valence-electron chi connectivity index (χ2n) is 4.54. The summed E-state index contributed by atoms with van der Waals surface area (Å²) in [6.07, 6.45) is -0.906. The summed E-state index contributed by atoms with van der Waals surface area (Å²) < 4.78 is 44.5. The molecule has 0 atom stereocenters. The normalized spacial score (nSPS) is 11.6. The van der Waals surface area contributed by atoms with Gasteiger partial charge in [0.2, 0.25) is 0 Å². The maximum absolute atomic E-state index is 12.6. The van der Waals surface area contributed by atoms with Crippen LogP contribution in [0.2, 0.25) is 0 Å². The average molecular weight is 299 g/mol. The lowest BCUT2D eigenvalue weighted by Gasteiger charge is -2.09. The highest BCUT2D eigenvalue weighted by atomic mass is 19.4. The summed E-state index contributed by atoms with van der Waals surface area (Å²) in [5.41, 5.74) is 0.676. The second-order valence-corrected chi connectivity index (χ2v) is 4.54. The fourth-order valence-corrected chi connectivity index (χ4v) is 1.82. The lowest BCUT2D eigenvalue weighted by atomic mass is 10.1. The third-order valence-corrected chi connectivity index (χ3v) is 2.91. The molecule has 0 saturated carbocycles.